The molecule has 2 amide bonds. The van der Waals surface area contributed by atoms with Crippen LogP contribution < -0.4 is 5.32 Å². The van der Waals surface area contributed by atoms with E-state index in [4.69, 9.17) is 0 Å². The first-order chi connectivity index (χ1) is 11.7. The van der Waals surface area contributed by atoms with E-state index in [1.807, 2.05) is 0 Å². The third-order valence-corrected chi connectivity index (χ3v) is 6.41. The third-order valence-electron chi connectivity index (χ3n) is 5.34. The van der Waals surface area contributed by atoms with Crippen LogP contribution in [0, 0.1) is 5.92 Å². The van der Waals surface area contributed by atoms with Gasteiger partial charge in [0.2, 0.25) is 11.8 Å². The molecule has 3 aliphatic rings. The molecule has 1 aromatic rings. The number of nitrogens with zero attached hydrogens (tertiary/aromatic N) is 2. The number of likely N-dealkylation sites (tertiary alicyclic amines) is 1. The van der Waals surface area contributed by atoms with Gasteiger partial charge in [0.25, 0.3) is 0 Å². The Hall–Kier alpha value is -1.43. The molecule has 1 aliphatic heterocycles. The van der Waals surface area contributed by atoms with Crippen molar-refractivity contribution in [2.75, 3.05) is 11.9 Å². The van der Waals surface area contributed by atoms with Gasteiger partial charge in [-0.05, 0) is 51.4 Å². The number of anilines is 1. The lowest BCUT2D eigenvalue weighted by Crippen LogP contribution is -2.43. The Morgan fingerprint density at radius 2 is 1.83 bits per heavy atom. The molecule has 2 aliphatic carbocycles. The number of amides is 2. The van der Waals surface area contributed by atoms with E-state index in [2.05, 4.69) is 10.3 Å². The van der Waals surface area contributed by atoms with Crippen LogP contribution in [0.1, 0.15) is 61.9 Å². The Morgan fingerprint density at radius 1 is 1.04 bits per heavy atom. The second-order valence-electron chi connectivity index (χ2n) is 7.26. The second-order valence-corrected chi connectivity index (χ2v) is 8.34. The molecule has 1 aromatic heterocycles. The van der Waals surface area contributed by atoms with Gasteiger partial charge in [0.15, 0.2) is 5.13 Å². The molecule has 6 heteroatoms. The monoisotopic (exact) mass is 347 g/mol. The predicted octanol–water partition coefficient (Wildman–Crippen LogP) is 3.14. The summed E-state index contributed by atoms with van der Waals surface area (Å²) in [6.07, 6.45) is 10.8. The summed E-state index contributed by atoms with van der Waals surface area (Å²) in [4.78, 5) is 32.8. The summed E-state index contributed by atoms with van der Waals surface area (Å²) in [5.74, 6) is 0.306. The highest BCUT2D eigenvalue weighted by Crippen LogP contribution is 2.34. The summed E-state index contributed by atoms with van der Waals surface area (Å²) in [6.45, 7) is 0.724. The molecule has 24 heavy (non-hydrogen) atoms. The lowest BCUT2D eigenvalue weighted by Gasteiger charge is -2.23. The second kappa shape index (κ2) is 6.82. The maximum Gasteiger partial charge on any atom is 0.248 e. The summed E-state index contributed by atoms with van der Waals surface area (Å²) in [5, 5.41) is 3.72. The topological polar surface area (TPSA) is 62.3 Å². The number of hydrogen-bond donors (Lipinski definition) is 1. The molecule has 0 aromatic carbocycles. The maximum atomic E-state index is 12.7. The number of fused-ring (bicyclic) bond motifs is 1. The number of carbonyl (C=O) groups is 2. The average molecular weight is 347 g/mol. The standard InChI is InChI=1S/C18H25N3O2S/c22-16(14-7-5-11-21(14)17(23)12-9-10-12)20-18-19-13-6-3-1-2-4-8-15(13)24-18/h12,14H,1-11H2,(H,19,20,22)/t14-/m0/s1. The summed E-state index contributed by atoms with van der Waals surface area (Å²) < 4.78 is 0. The van der Waals surface area contributed by atoms with Crippen LogP contribution in [-0.2, 0) is 22.4 Å². The summed E-state index contributed by atoms with van der Waals surface area (Å²) in [6, 6.07) is -0.301. The van der Waals surface area contributed by atoms with Crippen LogP contribution in [0.4, 0.5) is 5.13 Å². The minimum atomic E-state index is -0.301. The highest BCUT2D eigenvalue weighted by Gasteiger charge is 2.41. The van der Waals surface area contributed by atoms with Crippen molar-refractivity contribution in [3.05, 3.63) is 10.6 Å². The van der Waals surface area contributed by atoms with Gasteiger partial charge in [-0.1, -0.05) is 12.8 Å². The molecule has 0 bridgehead atoms. The van der Waals surface area contributed by atoms with E-state index in [-0.39, 0.29) is 23.8 Å². The minimum absolute atomic E-state index is 0.0526. The molecule has 130 valence electrons. The molecular weight excluding hydrogens is 322 g/mol. The first-order valence-electron chi connectivity index (χ1n) is 9.32. The third kappa shape index (κ3) is 3.34. The van der Waals surface area contributed by atoms with E-state index < -0.39 is 0 Å². The van der Waals surface area contributed by atoms with E-state index in [1.165, 1.54) is 36.3 Å². The predicted molar refractivity (Wildman–Crippen MR) is 94.1 cm³/mol. The molecule has 5 nitrogen and oxygen atoms in total. The van der Waals surface area contributed by atoms with Gasteiger partial charge in [0.05, 0.1) is 5.69 Å². The van der Waals surface area contributed by atoms with Crippen molar-refractivity contribution in [2.24, 2.45) is 5.92 Å². The highest BCUT2D eigenvalue weighted by molar-refractivity contribution is 7.15. The number of rotatable bonds is 3. The molecule has 1 N–H and O–H groups in total. The van der Waals surface area contributed by atoms with Gasteiger partial charge in [-0.3, -0.25) is 9.59 Å². The molecule has 1 saturated carbocycles. The fraction of sp³-hybridized carbons (Fsp3) is 0.722. The zero-order valence-corrected chi connectivity index (χ0v) is 14.9. The Labute approximate surface area is 146 Å². The number of thiazole rings is 1. The van der Waals surface area contributed by atoms with Crippen LogP contribution in [0.2, 0.25) is 0 Å². The van der Waals surface area contributed by atoms with Gasteiger partial charge in [-0.2, -0.15) is 0 Å². The van der Waals surface area contributed by atoms with Crippen molar-refractivity contribution in [2.45, 2.75) is 70.3 Å². The zero-order valence-electron chi connectivity index (χ0n) is 14.1. The first-order valence-corrected chi connectivity index (χ1v) is 10.1. The Morgan fingerprint density at radius 3 is 2.62 bits per heavy atom. The first kappa shape index (κ1) is 16.1. The SMILES string of the molecule is O=C(Nc1nc2c(s1)CCCCCC2)[C@@H]1CCCN1C(=O)C1CC1. The Balaban J connectivity index is 1.43. The smallest absolute Gasteiger partial charge is 0.248 e. The molecule has 4 rings (SSSR count). The Bertz CT molecular complexity index is 613. The van der Waals surface area contributed by atoms with Crippen molar-refractivity contribution < 1.29 is 9.59 Å². The van der Waals surface area contributed by atoms with Crippen LogP contribution in [0.25, 0.3) is 0 Å². The molecular formula is C18H25N3O2S. The maximum absolute atomic E-state index is 12.7. The lowest BCUT2D eigenvalue weighted by molar-refractivity contribution is -0.137. The van der Waals surface area contributed by atoms with E-state index in [1.54, 1.807) is 16.2 Å². The molecule has 2 fully saturated rings. The lowest BCUT2D eigenvalue weighted by atomic mass is 10.0. The molecule has 0 spiro atoms. The average Bonchev–Trinajstić information content (AvgIpc) is 3.17. The van der Waals surface area contributed by atoms with E-state index in [9.17, 15) is 9.59 Å². The summed E-state index contributed by atoms with van der Waals surface area (Å²) in [5.41, 5.74) is 1.17. The fourth-order valence-electron chi connectivity index (χ4n) is 3.82. The van der Waals surface area contributed by atoms with Crippen molar-refractivity contribution >= 4 is 28.3 Å². The largest absolute Gasteiger partial charge is 0.330 e. The molecule has 0 radical (unpaired) electrons. The van der Waals surface area contributed by atoms with E-state index in [0.717, 1.165) is 50.2 Å². The number of hydrogen-bond acceptors (Lipinski definition) is 4. The quantitative estimate of drug-likeness (QED) is 0.914. The fourth-order valence-corrected chi connectivity index (χ4v) is 4.87. The van der Waals surface area contributed by atoms with Crippen molar-refractivity contribution in [3.63, 3.8) is 0 Å². The van der Waals surface area contributed by atoms with Crippen LogP contribution in [-0.4, -0.2) is 34.3 Å². The molecule has 1 atom stereocenters. The Kier molecular flexibility index (Phi) is 4.57. The van der Waals surface area contributed by atoms with Crippen molar-refractivity contribution in [3.8, 4) is 0 Å². The van der Waals surface area contributed by atoms with Crippen molar-refractivity contribution in [1.29, 1.82) is 0 Å². The molecule has 0 unspecified atom stereocenters. The number of aryl methyl sites for hydroxylation is 2. The van der Waals surface area contributed by atoms with Crippen LogP contribution >= 0.6 is 11.3 Å². The van der Waals surface area contributed by atoms with Crippen LogP contribution in [0.3, 0.4) is 0 Å². The van der Waals surface area contributed by atoms with E-state index in [0.29, 0.717) is 0 Å². The molecule has 2 heterocycles. The highest BCUT2D eigenvalue weighted by atomic mass is 32.1. The van der Waals surface area contributed by atoms with Gasteiger partial charge in [-0.25, -0.2) is 4.98 Å². The van der Waals surface area contributed by atoms with Gasteiger partial charge >= 0.3 is 0 Å². The van der Waals surface area contributed by atoms with Gasteiger partial charge in [-0.15, -0.1) is 11.3 Å². The molecule has 1 saturated heterocycles. The van der Waals surface area contributed by atoms with Gasteiger partial charge in [0, 0.05) is 17.3 Å². The van der Waals surface area contributed by atoms with Crippen LogP contribution in [0.5, 0.6) is 0 Å². The summed E-state index contributed by atoms with van der Waals surface area (Å²) >= 11 is 1.63. The van der Waals surface area contributed by atoms with Crippen LogP contribution in [0.15, 0.2) is 0 Å². The summed E-state index contributed by atoms with van der Waals surface area (Å²) in [7, 11) is 0. The number of aromatic nitrogens is 1. The van der Waals surface area contributed by atoms with E-state index >= 15 is 0 Å². The normalized spacial score (nSPS) is 24.2. The van der Waals surface area contributed by atoms with Crippen molar-refractivity contribution in [1.82, 2.24) is 9.88 Å². The number of nitrogens with one attached hydrogen (secondary N) is 1. The number of carbonyl (C=O) groups excluding carboxylic acids is 2. The van der Waals surface area contributed by atoms with Gasteiger partial charge in [0.1, 0.15) is 6.04 Å². The zero-order chi connectivity index (χ0) is 16.5. The minimum Gasteiger partial charge on any atom is -0.330 e. The van der Waals surface area contributed by atoms with Gasteiger partial charge < -0.3 is 10.2 Å².